The Kier molecular flexibility index (Phi) is 5.93. The molecule has 0 saturated heterocycles. The van der Waals surface area contributed by atoms with Gasteiger partial charge in [-0.15, -0.1) is 17.5 Å². The zero-order valence-corrected chi connectivity index (χ0v) is 12.5. The van der Waals surface area contributed by atoms with E-state index in [0.717, 1.165) is 0 Å². The summed E-state index contributed by atoms with van der Waals surface area (Å²) < 4.78 is 0. The molecule has 5 nitrogen and oxygen atoms in total. The van der Waals surface area contributed by atoms with Crippen molar-refractivity contribution in [3.8, 4) is 0 Å². The fourth-order valence-corrected chi connectivity index (χ4v) is 2.45. The van der Waals surface area contributed by atoms with Crippen LogP contribution in [0.25, 0.3) is 0 Å². The molecule has 0 aliphatic carbocycles. The number of nitrogens with two attached hydrogens (primary N) is 1. The predicted molar refractivity (Wildman–Crippen MR) is 79.6 cm³/mol. The zero-order valence-electron chi connectivity index (χ0n) is 9.39. The minimum atomic E-state index is -0.120. The van der Waals surface area contributed by atoms with Crippen LogP contribution in [0.4, 0.5) is 5.95 Å². The van der Waals surface area contributed by atoms with Crippen LogP contribution in [-0.2, 0) is 0 Å². The van der Waals surface area contributed by atoms with Gasteiger partial charge in [-0.25, -0.2) is 5.10 Å². The maximum atomic E-state index is 11.9. The smallest absolute Gasteiger partial charge is 0.216 e. The number of rotatable bonds is 4. The second-order valence-electron chi connectivity index (χ2n) is 3.34. The molecule has 19 heavy (non-hydrogen) atoms. The van der Waals surface area contributed by atoms with Gasteiger partial charge in [0.2, 0.25) is 11.1 Å². The van der Waals surface area contributed by atoms with E-state index in [1.54, 1.807) is 12.1 Å². The lowest BCUT2D eigenvalue weighted by atomic mass is 10.1. The summed E-state index contributed by atoms with van der Waals surface area (Å²) in [6, 6.07) is 4.75. The molecule has 1 heterocycles. The van der Waals surface area contributed by atoms with Crippen molar-refractivity contribution in [3.05, 3.63) is 33.8 Å². The van der Waals surface area contributed by atoms with Crippen molar-refractivity contribution in [3.63, 3.8) is 0 Å². The fourth-order valence-electron chi connectivity index (χ4n) is 1.25. The molecule has 3 N–H and O–H groups in total. The molecule has 0 aliphatic rings. The van der Waals surface area contributed by atoms with Gasteiger partial charge in [0.15, 0.2) is 5.78 Å². The maximum Gasteiger partial charge on any atom is 0.216 e. The third-order valence-corrected chi connectivity index (χ3v) is 3.44. The molecule has 0 atom stereocenters. The van der Waals surface area contributed by atoms with Crippen LogP contribution in [-0.4, -0.2) is 26.7 Å². The van der Waals surface area contributed by atoms with Crippen LogP contribution in [0.15, 0.2) is 23.4 Å². The van der Waals surface area contributed by atoms with Crippen LogP contribution < -0.4 is 5.73 Å². The van der Waals surface area contributed by atoms with Crippen molar-refractivity contribution in [2.75, 3.05) is 11.5 Å². The van der Waals surface area contributed by atoms with Crippen molar-refractivity contribution < 1.29 is 4.79 Å². The lowest BCUT2D eigenvalue weighted by Crippen LogP contribution is -2.03. The number of H-pyrrole nitrogens is 1. The van der Waals surface area contributed by atoms with E-state index in [9.17, 15) is 4.79 Å². The first-order valence-corrected chi connectivity index (χ1v) is 6.59. The van der Waals surface area contributed by atoms with Crippen molar-refractivity contribution in [1.82, 2.24) is 15.2 Å². The summed E-state index contributed by atoms with van der Waals surface area (Å²) in [6.07, 6.45) is 0. The van der Waals surface area contributed by atoms with Gasteiger partial charge < -0.3 is 5.73 Å². The lowest BCUT2D eigenvalue weighted by Gasteiger charge is -2.02. The van der Waals surface area contributed by atoms with Crippen LogP contribution in [0.5, 0.6) is 0 Å². The van der Waals surface area contributed by atoms with E-state index >= 15 is 0 Å². The number of hydrogen-bond acceptors (Lipinski definition) is 5. The summed E-state index contributed by atoms with van der Waals surface area (Å²) in [7, 11) is 0. The number of nitrogens with one attached hydrogen (secondary N) is 1. The molecule has 0 spiro atoms. The lowest BCUT2D eigenvalue weighted by molar-refractivity contribution is 0.102. The van der Waals surface area contributed by atoms with Crippen molar-refractivity contribution in [2.45, 2.75) is 5.16 Å². The number of carbonyl (C=O) groups is 1. The van der Waals surface area contributed by atoms with Gasteiger partial charge in [0, 0.05) is 10.6 Å². The van der Waals surface area contributed by atoms with Crippen molar-refractivity contribution >= 4 is 59.1 Å². The zero-order chi connectivity index (χ0) is 13.1. The number of hydrogen-bond donors (Lipinski definition) is 2. The Morgan fingerprint density at radius 2 is 2.16 bits per heavy atom. The quantitative estimate of drug-likeness (QED) is 0.660. The molecule has 0 amide bonds. The number of carbonyl (C=O) groups excluding carboxylic acids is 1. The Bertz CT molecular complexity index is 590. The average molecular weight is 340 g/mol. The third-order valence-electron chi connectivity index (χ3n) is 2.05. The monoisotopic (exact) mass is 338 g/mol. The minimum absolute atomic E-state index is 0. The number of nitrogens with zero attached hydrogens (tertiary/aromatic N) is 2. The van der Waals surface area contributed by atoms with E-state index in [-0.39, 0.29) is 29.9 Å². The van der Waals surface area contributed by atoms with Crippen molar-refractivity contribution in [2.24, 2.45) is 0 Å². The fraction of sp³-hybridized carbons (Fsp3) is 0.100. The number of ketones is 1. The summed E-state index contributed by atoms with van der Waals surface area (Å²) in [5.41, 5.74) is 5.80. The number of aromatic nitrogens is 3. The summed E-state index contributed by atoms with van der Waals surface area (Å²) in [6.45, 7) is 0. The Labute approximate surface area is 129 Å². The Balaban J connectivity index is 0.00000180. The highest BCUT2D eigenvalue weighted by atomic mass is 35.5. The average Bonchev–Trinajstić information content (AvgIpc) is 2.72. The van der Waals surface area contributed by atoms with Gasteiger partial charge in [-0.1, -0.05) is 35.0 Å². The standard InChI is InChI=1S/C10H8Cl2N4OS.ClH/c11-5-1-2-6(7(12)3-5)8(17)4-18-10-14-9(13)15-16-10;/h1-3H,4H2,(H3,13,14,15,16);1H. The van der Waals surface area contributed by atoms with Crippen LogP contribution in [0.1, 0.15) is 10.4 Å². The minimum Gasteiger partial charge on any atom is -0.368 e. The molecule has 0 unspecified atom stereocenters. The molecule has 0 fully saturated rings. The molecular formula is C10H9Cl3N4OS. The van der Waals surface area contributed by atoms with Crippen LogP contribution >= 0.6 is 47.4 Å². The SMILES string of the molecule is Cl.Nc1nc(SCC(=O)c2ccc(Cl)cc2Cl)n[nH]1. The van der Waals surface area contributed by atoms with E-state index in [2.05, 4.69) is 15.2 Å². The van der Waals surface area contributed by atoms with Crippen molar-refractivity contribution in [1.29, 1.82) is 0 Å². The maximum absolute atomic E-state index is 11.9. The Morgan fingerprint density at radius 1 is 1.42 bits per heavy atom. The van der Waals surface area contributed by atoms with E-state index in [4.69, 9.17) is 28.9 Å². The summed E-state index contributed by atoms with van der Waals surface area (Å²) in [4.78, 5) is 15.8. The van der Waals surface area contributed by atoms with Gasteiger partial charge in [0.1, 0.15) is 0 Å². The number of halogens is 3. The first-order valence-electron chi connectivity index (χ1n) is 4.85. The van der Waals surface area contributed by atoms with E-state index in [1.165, 1.54) is 17.8 Å². The number of aromatic amines is 1. The van der Waals surface area contributed by atoms with Gasteiger partial charge in [0.05, 0.1) is 10.8 Å². The molecule has 0 radical (unpaired) electrons. The van der Waals surface area contributed by atoms with Gasteiger partial charge in [-0.3, -0.25) is 4.79 Å². The first-order chi connectivity index (χ1) is 8.56. The highest BCUT2D eigenvalue weighted by Crippen LogP contribution is 2.23. The van der Waals surface area contributed by atoms with Crippen LogP contribution in [0.2, 0.25) is 10.0 Å². The van der Waals surface area contributed by atoms with E-state index in [0.29, 0.717) is 20.8 Å². The van der Waals surface area contributed by atoms with E-state index in [1.807, 2.05) is 0 Å². The molecule has 1 aromatic heterocycles. The Hall–Kier alpha value is -0.950. The molecule has 102 valence electrons. The van der Waals surface area contributed by atoms with Crippen LogP contribution in [0.3, 0.4) is 0 Å². The number of nitrogen functional groups attached to an aromatic ring is 1. The van der Waals surface area contributed by atoms with Gasteiger partial charge >= 0.3 is 0 Å². The topological polar surface area (TPSA) is 84.7 Å². The number of Topliss-reactive ketones (excluding diaryl/α,β-unsaturated/α-hetero) is 1. The largest absolute Gasteiger partial charge is 0.368 e. The third kappa shape index (κ3) is 4.28. The molecular weight excluding hydrogens is 331 g/mol. The molecule has 0 bridgehead atoms. The summed E-state index contributed by atoms with van der Waals surface area (Å²) in [5.74, 6) is 0.276. The van der Waals surface area contributed by atoms with Crippen LogP contribution in [0, 0.1) is 0 Å². The molecule has 2 aromatic rings. The molecule has 2 rings (SSSR count). The normalized spacial score (nSPS) is 10.0. The second-order valence-corrected chi connectivity index (χ2v) is 5.13. The molecule has 0 aliphatic heterocycles. The molecule has 0 saturated carbocycles. The highest BCUT2D eigenvalue weighted by molar-refractivity contribution is 7.99. The van der Waals surface area contributed by atoms with Gasteiger partial charge in [-0.2, -0.15) is 4.98 Å². The molecule has 9 heteroatoms. The second kappa shape index (κ2) is 7.00. The van der Waals surface area contributed by atoms with E-state index < -0.39 is 0 Å². The predicted octanol–water partition coefficient (Wildman–Crippen LogP) is 3.09. The number of anilines is 1. The Morgan fingerprint density at radius 3 is 2.74 bits per heavy atom. The first kappa shape index (κ1) is 16.1. The summed E-state index contributed by atoms with van der Waals surface area (Å²) >= 11 is 12.9. The number of benzene rings is 1. The molecule has 1 aromatic carbocycles. The summed E-state index contributed by atoms with van der Waals surface area (Å²) in [5, 5.41) is 7.55. The number of thioether (sulfide) groups is 1. The van der Waals surface area contributed by atoms with Gasteiger partial charge in [0.25, 0.3) is 0 Å². The highest BCUT2D eigenvalue weighted by Gasteiger charge is 2.12. The van der Waals surface area contributed by atoms with Gasteiger partial charge in [-0.05, 0) is 18.2 Å².